The molecule has 1 saturated heterocycles. The van der Waals surface area contributed by atoms with E-state index in [-0.39, 0.29) is 11.9 Å². The Balaban J connectivity index is 1.24. The van der Waals surface area contributed by atoms with E-state index in [2.05, 4.69) is 20.8 Å². The fourth-order valence-electron chi connectivity index (χ4n) is 4.43. The Morgan fingerprint density at radius 3 is 2.82 bits per heavy atom. The molecule has 1 aliphatic heterocycles. The molecule has 6 rings (SSSR count). The summed E-state index contributed by atoms with van der Waals surface area (Å²) < 4.78 is 1.90. The summed E-state index contributed by atoms with van der Waals surface area (Å²) in [7, 11) is 0. The summed E-state index contributed by atoms with van der Waals surface area (Å²) in [5.41, 5.74) is 3.01. The lowest BCUT2D eigenvalue weighted by atomic mass is 10.2. The molecule has 0 spiro atoms. The Labute approximate surface area is 191 Å². The molecule has 4 aromatic rings. The van der Waals surface area contributed by atoms with Crippen LogP contribution in [0.15, 0.2) is 54.7 Å². The highest BCUT2D eigenvalue weighted by Gasteiger charge is 2.33. The number of aromatic nitrogens is 5. The lowest BCUT2D eigenvalue weighted by Crippen LogP contribution is -2.43. The van der Waals surface area contributed by atoms with E-state index in [1.807, 2.05) is 64.0 Å². The van der Waals surface area contributed by atoms with Crippen LogP contribution < -0.4 is 15.5 Å². The van der Waals surface area contributed by atoms with E-state index in [9.17, 15) is 4.79 Å². The summed E-state index contributed by atoms with van der Waals surface area (Å²) in [5.74, 6) is 2.52. The molecule has 3 aromatic heterocycles. The number of nitrogens with zero attached hydrogens (tertiary/aromatic N) is 5. The Bertz CT molecular complexity index is 1280. The van der Waals surface area contributed by atoms with Crippen molar-refractivity contribution in [1.82, 2.24) is 29.9 Å². The Hall–Kier alpha value is -3.88. The first kappa shape index (κ1) is 19.8. The first-order valence-corrected chi connectivity index (χ1v) is 11.5. The number of rotatable bonds is 7. The molecule has 0 bridgehead atoms. The number of carbonyl (C=O) groups is 1. The van der Waals surface area contributed by atoms with E-state index >= 15 is 0 Å². The van der Waals surface area contributed by atoms with Crippen molar-refractivity contribution in [2.24, 2.45) is 0 Å². The zero-order valence-electron chi connectivity index (χ0n) is 18.2. The predicted octanol–water partition coefficient (Wildman–Crippen LogP) is 3.36. The molecule has 2 aliphatic rings. The van der Waals surface area contributed by atoms with E-state index in [1.165, 1.54) is 12.8 Å². The maximum atomic E-state index is 13.0. The molecule has 1 aromatic carbocycles. The summed E-state index contributed by atoms with van der Waals surface area (Å²) in [6.07, 6.45) is 6.05. The van der Waals surface area contributed by atoms with Gasteiger partial charge in [0.25, 0.3) is 0 Å². The number of hydrogen-bond donors (Lipinski definition) is 3. The van der Waals surface area contributed by atoms with Crippen molar-refractivity contribution in [3.05, 3.63) is 66.0 Å². The van der Waals surface area contributed by atoms with E-state index in [0.29, 0.717) is 24.4 Å². The first-order chi connectivity index (χ1) is 16.2. The van der Waals surface area contributed by atoms with Gasteiger partial charge in [0.1, 0.15) is 11.7 Å². The number of H-pyrrole nitrogens is 1. The molecule has 168 valence electrons. The quantitative estimate of drug-likeness (QED) is 0.406. The summed E-state index contributed by atoms with van der Waals surface area (Å²) >= 11 is 0. The summed E-state index contributed by atoms with van der Waals surface area (Å²) in [6.45, 7) is 1.26. The second-order valence-corrected chi connectivity index (χ2v) is 8.75. The van der Waals surface area contributed by atoms with Gasteiger partial charge in [-0.3, -0.25) is 14.3 Å². The minimum Gasteiger partial charge on any atom is -0.350 e. The van der Waals surface area contributed by atoms with Gasteiger partial charge in [-0.2, -0.15) is 15.1 Å². The second-order valence-electron chi connectivity index (χ2n) is 8.75. The van der Waals surface area contributed by atoms with E-state index < -0.39 is 0 Å². The van der Waals surface area contributed by atoms with Crippen LogP contribution in [-0.2, 0) is 11.3 Å². The number of fused-ring (bicyclic) bond motifs is 1. The molecule has 1 atom stereocenters. The molecular formula is C24H26N8O. The van der Waals surface area contributed by atoms with Crippen molar-refractivity contribution in [3.8, 4) is 0 Å². The van der Waals surface area contributed by atoms with Crippen LogP contribution in [0, 0.1) is 0 Å². The van der Waals surface area contributed by atoms with Crippen LogP contribution in [0.3, 0.4) is 0 Å². The zero-order chi connectivity index (χ0) is 22.2. The van der Waals surface area contributed by atoms with E-state index in [1.54, 1.807) is 0 Å². The lowest BCUT2D eigenvalue weighted by molar-refractivity contribution is -0.122. The molecule has 2 fully saturated rings. The lowest BCUT2D eigenvalue weighted by Gasteiger charge is -2.24. The highest BCUT2D eigenvalue weighted by Crippen LogP contribution is 2.39. The average Bonchev–Trinajstić information content (AvgIpc) is 3.22. The van der Waals surface area contributed by atoms with Gasteiger partial charge < -0.3 is 15.5 Å². The molecule has 9 heteroatoms. The number of amides is 1. The third kappa shape index (κ3) is 4.02. The molecule has 3 N–H and O–H groups in total. The average molecular weight is 443 g/mol. The van der Waals surface area contributed by atoms with Gasteiger partial charge >= 0.3 is 0 Å². The molecule has 0 unspecified atom stereocenters. The number of anilines is 3. The van der Waals surface area contributed by atoms with Crippen molar-refractivity contribution >= 4 is 29.3 Å². The van der Waals surface area contributed by atoms with Crippen molar-refractivity contribution in [3.63, 3.8) is 0 Å². The zero-order valence-corrected chi connectivity index (χ0v) is 18.2. The predicted molar refractivity (Wildman–Crippen MR) is 125 cm³/mol. The minimum absolute atomic E-state index is 0.00564. The van der Waals surface area contributed by atoms with Gasteiger partial charge in [0.15, 0.2) is 5.82 Å². The van der Waals surface area contributed by atoms with Gasteiger partial charge in [-0.1, -0.05) is 30.3 Å². The monoisotopic (exact) mass is 442 g/mol. The number of benzene rings is 1. The van der Waals surface area contributed by atoms with E-state index in [4.69, 9.17) is 9.97 Å². The van der Waals surface area contributed by atoms with Crippen LogP contribution in [0.4, 0.5) is 17.7 Å². The highest BCUT2D eigenvalue weighted by atomic mass is 16.2. The van der Waals surface area contributed by atoms with Gasteiger partial charge in [-0.05, 0) is 43.4 Å². The van der Waals surface area contributed by atoms with Gasteiger partial charge in [-0.15, -0.1) is 0 Å². The third-order valence-corrected chi connectivity index (χ3v) is 6.35. The van der Waals surface area contributed by atoms with Crippen LogP contribution in [0.1, 0.15) is 42.9 Å². The first-order valence-electron chi connectivity index (χ1n) is 11.5. The van der Waals surface area contributed by atoms with Crippen LogP contribution in [-0.4, -0.2) is 43.1 Å². The summed E-state index contributed by atoms with van der Waals surface area (Å²) in [4.78, 5) is 24.6. The smallest absolute Gasteiger partial charge is 0.243 e. The molecule has 9 nitrogen and oxygen atoms in total. The second kappa shape index (κ2) is 8.23. The Kier molecular flexibility index (Phi) is 4.93. The topological polar surface area (TPSA) is 103 Å². The van der Waals surface area contributed by atoms with Crippen molar-refractivity contribution < 1.29 is 4.79 Å². The number of nitrogens with one attached hydrogen (secondary N) is 3. The van der Waals surface area contributed by atoms with E-state index in [0.717, 1.165) is 42.1 Å². The number of carbonyl (C=O) groups excluding carboxylic acids is 1. The van der Waals surface area contributed by atoms with Gasteiger partial charge in [0.05, 0.1) is 0 Å². The molecule has 4 heterocycles. The van der Waals surface area contributed by atoms with Crippen LogP contribution >= 0.6 is 0 Å². The maximum absolute atomic E-state index is 13.0. The Morgan fingerprint density at radius 2 is 1.97 bits per heavy atom. The van der Waals surface area contributed by atoms with Crippen LogP contribution in [0.5, 0.6) is 0 Å². The highest BCUT2D eigenvalue weighted by molar-refractivity contribution is 5.85. The fourth-order valence-corrected chi connectivity index (χ4v) is 4.43. The van der Waals surface area contributed by atoms with Crippen molar-refractivity contribution in [2.45, 2.75) is 44.2 Å². The third-order valence-electron chi connectivity index (χ3n) is 6.35. The van der Waals surface area contributed by atoms with Gasteiger partial charge in [0, 0.05) is 37.0 Å². The number of aromatic amines is 1. The molecule has 1 aliphatic carbocycles. The molecule has 33 heavy (non-hydrogen) atoms. The maximum Gasteiger partial charge on any atom is 0.243 e. The molecule has 1 saturated carbocycles. The molecule has 0 radical (unpaired) electrons. The summed E-state index contributed by atoms with van der Waals surface area (Å²) in [6, 6.07) is 15.6. The largest absolute Gasteiger partial charge is 0.350 e. The SMILES string of the molecule is O=C(NCc1ccccc1)[C@H]1CCCN1c1nc(Nc2cc(C3CC3)[nH]n2)n2cccc2n1. The van der Waals surface area contributed by atoms with Gasteiger partial charge in [-0.25, -0.2) is 0 Å². The van der Waals surface area contributed by atoms with Crippen LogP contribution in [0.2, 0.25) is 0 Å². The Morgan fingerprint density at radius 1 is 1.09 bits per heavy atom. The van der Waals surface area contributed by atoms with Crippen molar-refractivity contribution in [1.29, 1.82) is 0 Å². The van der Waals surface area contributed by atoms with Crippen molar-refractivity contribution in [2.75, 3.05) is 16.8 Å². The number of hydrogen-bond acceptors (Lipinski definition) is 6. The molecule has 1 amide bonds. The summed E-state index contributed by atoms with van der Waals surface area (Å²) in [5, 5.41) is 13.9. The fraction of sp³-hybridized carbons (Fsp3) is 0.333. The van der Waals surface area contributed by atoms with Gasteiger partial charge in [0.2, 0.25) is 17.8 Å². The van der Waals surface area contributed by atoms with Crippen LogP contribution in [0.25, 0.3) is 5.65 Å². The molecular weight excluding hydrogens is 416 g/mol. The normalized spacial score (nSPS) is 18.1. The minimum atomic E-state index is -0.286. The standard InChI is InChI=1S/C24H26N8O/c33-22(25-15-16-6-2-1-3-7-16)19-8-4-12-31(19)24-27-21-9-5-13-32(21)23(28-24)26-20-14-18(29-30-20)17-10-11-17/h1-3,5-7,9,13-14,17,19H,4,8,10-12,15H2,(H,25,33)(H2,26,27,28,29,30)/t19-/m1/s1.